The van der Waals surface area contributed by atoms with Crippen LogP contribution >= 0.6 is 0 Å². The molecule has 0 aromatic heterocycles. The van der Waals surface area contributed by atoms with E-state index in [1.54, 1.807) is 12.1 Å². The molecule has 0 aliphatic rings. The van der Waals surface area contributed by atoms with Gasteiger partial charge in [-0.05, 0) is 19.1 Å². The molecule has 1 aromatic rings. The normalized spacial score (nSPS) is 7.50. The van der Waals surface area contributed by atoms with Crippen molar-refractivity contribution in [2.45, 2.75) is 6.92 Å². The third-order valence-corrected chi connectivity index (χ3v) is 1.30. The van der Waals surface area contributed by atoms with Crippen molar-refractivity contribution in [3.8, 4) is 0 Å². The van der Waals surface area contributed by atoms with E-state index in [0.717, 1.165) is 19.8 Å². The highest BCUT2D eigenvalue weighted by Crippen LogP contribution is 2.01. The summed E-state index contributed by atoms with van der Waals surface area (Å²) in [7, 11) is 2.00. The van der Waals surface area contributed by atoms with Crippen molar-refractivity contribution in [3.05, 3.63) is 35.4 Å². The molecular weight excluding hydrogens is 182 g/mol. The molecule has 1 aromatic carbocycles. The summed E-state index contributed by atoms with van der Waals surface area (Å²) in [5.74, 6) is -0.372. The molecule has 4 nitrogen and oxygen atoms in total. The molecule has 1 amide bonds. The highest BCUT2D eigenvalue weighted by atomic mass is 16.2. The van der Waals surface area contributed by atoms with Crippen molar-refractivity contribution < 1.29 is 15.0 Å². The zero-order valence-corrected chi connectivity index (χ0v) is 8.69. The van der Waals surface area contributed by atoms with E-state index in [4.69, 9.17) is 15.9 Å². The Labute approximate surface area is 84.0 Å². The lowest BCUT2D eigenvalue weighted by atomic mass is 10.1. The molecule has 0 radical (unpaired) electrons. The van der Waals surface area contributed by atoms with E-state index in [9.17, 15) is 4.79 Å². The first kappa shape index (κ1) is 15.1. The van der Waals surface area contributed by atoms with Crippen LogP contribution in [0.4, 0.5) is 0 Å². The number of carbonyl (C=O) groups excluding carboxylic acids is 1. The molecule has 80 valence electrons. The maximum atomic E-state index is 10.6. The van der Waals surface area contributed by atoms with Crippen LogP contribution in [0.1, 0.15) is 15.9 Å². The quantitative estimate of drug-likeness (QED) is 0.608. The van der Waals surface area contributed by atoms with Crippen molar-refractivity contribution >= 4 is 5.91 Å². The molecule has 0 bridgehead atoms. The number of carbonyl (C=O) groups is 1. The molecule has 0 fully saturated rings. The van der Waals surface area contributed by atoms with Gasteiger partial charge < -0.3 is 15.9 Å². The SMILES string of the molecule is CO.CO.Cc1cccc(C(N)=O)c1. The van der Waals surface area contributed by atoms with Crippen LogP contribution in [-0.2, 0) is 0 Å². The summed E-state index contributed by atoms with van der Waals surface area (Å²) in [6.45, 7) is 1.92. The monoisotopic (exact) mass is 199 g/mol. The molecule has 0 heterocycles. The minimum atomic E-state index is -0.372. The summed E-state index contributed by atoms with van der Waals surface area (Å²) >= 11 is 0. The van der Waals surface area contributed by atoms with Gasteiger partial charge in [0.25, 0.3) is 0 Å². The number of hydrogen-bond acceptors (Lipinski definition) is 3. The number of hydrogen-bond donors (Lipinski definition) is 3. The van der Waals surface area contributed by atoms with Crippen LogP contribution in [-0.4, -0.2) is 30.3 Å². The Balaban J connectivity index is 0. The van der Waals surface area contributed by atoms with Gasteiger partial charge in [-0.1, -0.05) is 17.7 Å². The Morgan fingerprint density at radius 2 is 1.71 bits per heavy atom. The van der Waals surface area contributed by atoms with Gasteiger partial charge in [-0.3, -0.25) is 4.79 Å². The molecule has 0 spiro atoms. The minimum Gasteiger partial charge on any atom is -0.400 e. The second-order valence-electron chi connectivity index (χ2n) is 2.23. The van der Waals surface area contributed by atoms with Crippen LogP contribution in [0, 0.1) is 6.92 Å². The predicted molar refractivity (Wildman–Crippen MR) is 56.0 cm³/mol. The zero-order chi connectivity index (χ0) is 11.6. The van der Waals surface area contributed by atoms with Crippen LogP contribution in [0.2, 0.25) is 0 Å². The van der Waals surface area contributed by atoms with E-state index >= 15 is 0 Å². The number of nitrogens with two attached hydrogens (primary N) is 1. The van der Waals surface area contributed by atoms with Crippen molar-refractivity contribution in [1.82, 2.24) is 0 Å². The number of aryl methyl sites for hydroxylation is 1. The van der Waals surface area contributed by atoms with Gasteiger partial charge in [0.1, 0.15) is 0 Å². The maximum Gasteiger partial charge on any atom is 0.248 e. The number of benzene rings is 1. The molecule has 0 saturated carbocycles. The van der Waals surface area contributed by atoms with Crippen LogP contribution in [0.25, 0.3) is 0 Å². The Kier molecular flexibility index (Phi) is 10.5. The van der Waals surface area contributed by atoms with Gasteiger partial charge in [0.05, 0.1) is 0 Å². The first-order valence-electron chi connectivity index (χ1n) is 3.96. The fourth-order valence-electron chi connectivity index (χ4n) is 0.798. The van der Waals surface area contributed by atoms with E-state index in [1.807, 2.05) is 19.1 Å². The van der Waals surface area contributed by atoms with Crippen LogP contribution < -0.4 is 5.73 Å². The lowest BCUT2D eigenvalue weighted by Crippen LogP contribution is -2.10. The standard InChI is InChI=1S/C8H9NO.2CH4O/c1-6-3-2-4-7(5-6)8(9)10;2*1-2/h2-5H,1H3,(H2,9,10);2*2H,1H3. The number of aliphatic hydroxyl groups is 2. The van der Waals surface area contributed by atoms with Crippen LogP contribution in [0.3, 0.4) is 0 Å². The second kappa shape index (κ2) is 9.70. The number of amides is 1. The summed E-state index contributed by atoms with van der Waals surface area (Å²) in [5, 5.41) is 14.0. The van der Waals surface area contributed by atoms with E-state index in [-0.39, 0.29) is 5.91 Å². The Morgan fingerprint density at radius 1 is 1.21 bits per heavy atom. The smallest absolute Gasteiger partial charge is 0.248 e. The van der Waals surface area contributed by atoms with Gasteiger partial charge in [0.15, 0.2) is 0 Å². The van der Waals surface area contributed by atoms with Gasteiger partial charge in [0, 0.05) is 19.8 Å². The summed E-state index contributed by atoms with van der Waals surface area (Å²) in [4.78, 5) is 10.6. The predicted octanol–water partition coefficient (Wildman–Crippen LogP) is 0.311. The van der Waals surface area contributed by atoms with Gasteiger partial charge in [-0.2, -0.15) is 0 Å². The lowest BCUT2D eigenvalue weighted by Gasteiger charge is -1.94. The number of aliphatic hydroxyl groups excluding tert-OH is 2. The molecule has 4 N–H and O–H groups in total. The van der Waals surface area contributed by atoms with Crippen molar-refractivity contribution in [1.29, 1.82) is 0 Å². The summed E-state index contributed by atoms with van der Waals surface area (Å²) < 4.78 is 0. The fraction of sp³-hybridized carbons (Fsp3) is 0.300. The van der Waals surface area contributed by atoms with E-state index in [1.165, 1.54) is 0 Å². The maximum absolute atomic E-state index is 10.6. The van der Waals surface area contributed by atoms with Crippen molar-refractivity contribution in [2.24, 2.45) is 5.73 Å². The first-order valence-corrected chi connectivity index (χ1v) is 3.96. The third-order valence-electron chi connectivity index (χ3n) is 1.30. The summed E-state index contributed by atoms with van der Waals surface area (Å²) in [6, 6.07) is 7.21. The zero-order valence-electron chi connectivity index (χ0n) is 8.69. The van der Waals surface area contributed by atoms with E-state index in [0.29, 0.717) is 5.56 Å². The highest BCUT2D eigenvalue weighted by Gasteiger charge is 1.96. The van der Waals surface area contributed by atoms with Crippen molar-refractivity contribution in [3.63, 3.8) is 0 Å². The lowest BCUT2D eigenvalue weighted by molar-refractivity contribution is 0.1000. The average molecular weight is 199 g/mol. The third kappa shape index (κ3) is 6.16. The van der Waals surface area contributed by atoms with Gasteiger partial charge in [0.2, 0.25) is 5.91 Å². The molecular formula is C10H17NO3. The van der Waals surface area contributed by atoms with Gasteiger partial charge in [-0.25, -0.2) is 0 Å². The Morgan fingerprint density at radius 3 is 2.00 bits per heavy atom. The van der Waals surface area contributed by atoms with Crippen LogP contribution in [0.15, 0.2) is 24.3 Å². The molecule has 1 rings (SSSR count). The number of rotatable bonds is 1. The molecule has 0 aliphatic heterocycles. The topological polar surface area (TPSA) is 83.6 Å². The molecule has 0 saturated heterocycles. The largest absolute Gasteiger partial charge is 0.400 e. The summed E-state index contributed by atoms with van der Waals surface area (Å²) in [5.41, 5.74) is 6.67. The Hall–Kier alpha value is -1.39. The molecule has 0 unspecified atom stereocenters. The van der Waals surface area contributed by atoms with E-state index in [2.05, 4.69) is 0 Å². The first-order chi connectivity index (χ1) is 6.70. The molecule has 0 atom stereocenters. The van der Waals surface area contributed by atoms with Crippen LogP contribution in [0.5, 0.6) is 0 Å². The number of primary amides is 1. The average Bonchev–Trinajstić information content (AvgIpc) is 2.24. The molecule has 14 heavy (non-hydrogen) atoms. The fourth-order valence-corrected chi connectivity index (χ4v) is 0.798. The molecule has 4 heteroatoms. The van der Waals surface area contributed by atoms with Gasteiger partial charge in [-0.15, -0.1) is 0 Å². The van der Waals surface area contributed by atoms with Gasteiger partial charge >= 0.3 is 0 Å². The van der Waals surface area contributed by atoms with E-state index < -0.39 is 0 Å². The molecule has 0 aliphatic carbocycles. The summed E-state index contributed by atoms with van der Waals surface area (Å²) in [6.07, 6.45) is 0. The second-order valence-corrected chi connectivity index (χ2v) is 2.23. The highest BCUT2D eigenvalue weighted by molar-refractivity contribution is 5.92. The minimum absolute atomic E-state index is 0.372. The Bertz CT molecular complexity index is 261. The van der Waals surface area contributed by atoms with Crippen molar-refractivity contribution in [2.75, 3.05) is 14.2 Å².